The summed E-state index contributed by atoms with van der Waals surface area (Å²) in [6.45, 7) is -0.162. The van der Waals surface area contributed by atoms with Gasteiger partial charge >= 0.3 is 5.97 Å². The molecule has 0 amide bonds. The second-order valence-electron chi connectivity index (χ2n) is 5.98. The monoisotopic (exact) mass is 362 g/mol. The van der Waals surface area contributed by atoms with Gasteiger partial charge in [-0.25, -0.2) is 14.5 Å². The number of ether oxygens (including phenoxy) is 2. The van der Waals surface area contributed by atoms with Gasteiger partial charge in [0.15, 0.2) is 12.3 Å². The molecule has 0 fully saturated rings. The lowest BCUT2D eigenvalue weighted by Crippen LogP contribution is -2.13. The smallest absolute Gasteiger partial charge is 0.343 e. The first kappa shape index (κ1) is 16.8. The largest absolute Gasteiger partial charge is 0.481 e. The van der Waals surface area contributed by atoms with E-state index in [1.54, 1.807) is 10.7 Å². The number of para-hydroxylation sites is 1. The van der Waals surface area contributed by atoms with Gasteiger partial charge in [-0.2, -0.15) is 5.10 Å². The normalized spacial score (nSPS) is 10.9. The Hall–Kier alpha value is -3.61. The van der Waals surface area contributed by atoms with Gasteiger partial charge in [-0.05, 0) is 12.1 Å². The molecule has 2 aromatic carbocycles. The van der Waals surface area contributed by atoms with Crippen LogP contribution >= 0.6 is 0 Å². The third kappa shape index (κ3) is 3.15. The molecule has 4 rings (SSSR count). The summed E-state index contributed by atoms with van der Waals surface area (Å²) in [6, 6.07) is 17.4. The van der Waals surface area contributed by atoms with Crippen LogP contribution in [-0.4, -0.2) is 39.4 Å². The Labute approximate surface area is 155 Å². The Kier molecular flexibility index (Phi) is 4.33. The highest BCUT2D eigenvalue weighted by atomic mass is 16.6. The highest BCUT2D eigenvalue weighted by Gasteiger charge is 2.18. The molecule has 0 aliphatic rings. The Morgan fingerprint density at radius 1 is 1.11 bits per heavy atom. The summed E-state index contributed by atoms with van der Waals surface area (Å²) in [5, 5.41) is 4.58. The van der Waals surface area contributed by atoms with Crippen LogP contribution in [0.4, 0.5) is 0 Å². The number of carbonyl (C=O) groups is 1. The molecular formula is C20H18N4O3. The maximum Gasteiger partial charge on any atom is 0.343 e. The first-order chi connectivity index (χ1) is 13.2. The molecule has 136 valence electrons. The number of hydrogen-bond acceptors (Lipinski definition) is 5. The molecule has 0 aliphatic carbocycles. The number of carbonyl (C=O) groups excluding carboxylic acids is 1. The molecule has 7 heteroatoms. The fraction of sp³-hybridized carbons (Fsp3) is 0.150. The molecule has 2 heterocycles. The third-order valence-electron chi connectivity index (χ3n) is 4.24. The SMILES string of the molecule is COC(=O)COc1ccccc1-c1nc2c([nH]1)c(-c1ccccc1)nn2C. The van der Waals surface area contributed by atoms with Gasteiger partial charge < -0.3 is 14.5 Å². The molecule has 0 bridgehead atoms. The van der Waals surface area contributed by atoms with Crippen molar-refractivity contribution < 1.29 is 14.3 Å². The van der Waals surface area contributed by atoms with E-state index in [0.29, 0.717) is 11.6 Å². The van der Waals surface area contributed by atoms with E-state index in [2.05, 4.69) is 19.8 Å². The molecule has 0 unspecified atom stereocenters. The third-order valence-corrected chi connectivity index (χ3v) is 4.24. The minimum Gasteiger partial charge on any atom is -0.481 e. The van der Waals surface area contributed by atoms with Crippen molar-refractivity contribution in [1.29, 1.82) is 0 Å². The number of rotatable bonds is 5. The number of imidazole rings is 1. The van der Waals surface area contributed by atoms with Crippen molar-refractivity contribution in [1.82, 2.24) is 19.7 Å². The van der Waals surface area contributed by atoms with Crippen molar-refractivity contribution in [2.24, 2.45) is 7.05 Å². The molecule has 0 spiro atoms. The molecule has 2 aromatic heterocycles. The summed E-state index contributed by atoms with van der Waals surface area (Å²) in [6.07, 6.45) is 0. The Morgan fingerprint density at radius 2 is 1.85 bits per heavy atom. The standard InChI is InChI=1S/C20H18N4O3/c1-24-20-18(17(23-24)13-8-4-3-5-9-13)21-19(22-20)14-10-6-7-11-15(14)27-12-16(25)26-2/h3-11H,12H2,1-2H3,(H,21,22). The summed E-state index contributed by atoms with van der Waals surface area (Å²) in [7, 11) is 3.19. The zero-order valence-corrected chi connectivity index (χ0v) is 15.0. The van der Waals surface area contributed by atoms with Gasteiger partial charge in [0.25, 0.3) is 0 Å². The van der Waals surface area contributed by atoms with Crippen molar-refractivity contribution in [3.8, 4) is 28.4 Å². The highest BCUT2D eigenvalue weighted by Crippen LogP contribution is 2.32. The van der Waals surface area contributed by atoms with E-state index < -0.39 is 5.97 Å². The fourth-order valence-electron chi connectivity index (χ4n) is 2.92. The predicted molar refractivity (Wildman–Crippen MR) is 101 cm³/mol. The van der Waals surface area contributed by atoms with E-state index in [4.69, 9.17) is 4.74 Å². The lowest BCUT2D eigenvalue weighted by Gasteiger charge is -2.08. The number of H-pyrrole nitrogens is 1. The summed E-state index contributed by atoms with van der Waals surface area (Å²) >= 11 is 0. The number of fused-ring (bicyclic) bond motifs is 1. The number of aromatic nitrogens is 4. The number of hydrogen-bond donors (Lipinski definition) is 1. The van der Waals surface area contributed by atoms with E-state index in [1.807, 2.05) is 55.6 Å². The Morgan fingerprint density at radius 3 is 2.63 bits per heavy atom. The molecule has 1 N–H and O–H groups in total. The van der Waals surface area contributed by atoms with Gasteiger partial charge in [0.1, 0.15) is 22.8 Å². The van der Waals surface area contributed by atoms with Crippen LogP contribution in [0, 0.1) is 0 Å². The number of benzene rings is 2. The molecule has 27 heavy (non-hydrogen) atoms. The van der Waals surface area contributed by atoms with Crippen LogP contribution < -0.4 is 4.74 Å². The van der Waals surface area contributed by atoms with Crippen molar-refractivity contribution in [3.63, 3.8) is 0 Å². The quantitative estimate of drug-likeness (QED) is 0.552. The lowest BCUT2D eigenvalue weighted by molar-refractivity contribution is -0.142. The van der Waals surface area contributed by atoms with Crippen LogP contribution in [0.2, 0.25) is 0 Å². The van der Waals surface area contributed by atoms with Crippen LogP contribution in [0.15, 0.2) is 54.6 Å². The second-order valence-corrected chi connectivity index (χ2v) is 5.98. The van der Waals surface area contributed by atoms with E-state index in [9.17, 15) is 4.79 Å². The van der Waals surface area contributed by atoms with E-state index in [0.717, 1.165) is 28.0 Å². The maximum absolute atomic E-state index is 11.4. The van der Waals surface area contributed by atoms with Gasteiger partial charge in [0.2, 0.25) is 0 Å². The number of esters is 1. The molecule has 0 aliphatic heterocycles. The molecule has 4 aromatic rings. The van der Waals surface area contributed by atoms with E-state index in [1.165, 1.54) is 7.11 Å². The second kappa shape index (κ2) is 6.95. The van der Waals surface area contributed by atoms with E-state index >= 15 is 0 Å². The van der Waals surface area contributed by atoms with Crippen molar-refractivity contribution >= 4 is 17.1 Å². The molecule has 0 radical (unpaired) electrons. The molecule has 0 saturated heterocycles. The number of aromatic amines is 1. The first-order valence-corrected chi connectivity index (χ1v) is 8.44. The predicted octanol–water partition coefficient (Wildman–Crippen LogP) is 3.18. The van der Waals surface area contributed by atoms with Gasteiger partial charge in [0, 0.05) is 12.6 Å². The highest BCUT2D eigenvalue weighted by molar-refractivity contribution is 5.90. The van der Waals surface area contributed by atoms with Crippen LogP contribution in [0.3, 0.4) is 0 Å². The minimum absolute atomic E-state index is 0.162. The number of nitrogens with one attached hydrogen (secondary N) is 1. The van der Waals surface area contributed by atoms with Gasteiger partial charge in [-0.1, -0.05) is 42.5 Å². The van der Waals surface area contributed by atoms with Gasteiger partial charge in [-0.15, -0.1) is 0 Å². The molecule has 0 saturated carbocycles. The topological polar surface area (TPSA) is 82.0 Å². The summed E-state index contributed by atoms with van der Waals surface area (Å²) < 4.78 is 12.0. The summed E-state index contributed by atoms with van der Waals surface area (Å²) in [4.78, 5) is 19.4. The number of nitrogens with zero attached hydrogens (tertiary/aromatic N) is 3. The average molecular weight is 362 g/mol. The zero-order valence-electron chi connectivity index (χ0n) is 15.0. The first-order valence-electron chi connectivity index (χ1n) is 8.44. The fourth-order valence-corrected chi connectivity index (χ4v) is 2.92. The van der Waals surface area contributed by atoms with E-state index in [-0.39, 0.29) is 6.61 Å². The Balaban J connectivity index is 1.77. The van der Waals surface area contributed by atoms with Crippen LogP contribution in [-0.2, 0) is 16.6 Å². The molecular weight excluding hydrogens is 344 g/mol. The average Bonchev–Trinajstić information content (AvgIpc) is 3.27. The zero-order chi connectivity index (χ0) is 18.8. The molecule has 7 nitrogen and oxygen atoms in total. The van der Waals surface area contributed by atoms with Gasteiger partial charge in [-0.3, -0.25) is 0 Å². The van der Waals surface area contributed by atoms with Crippen LogP contribution in [0.5, 0.6) is 5.75 Å². The van der Waals surface area contributed by atoms with Crippen molar-refractivity contribution in [2.45, 2.75) is 0 Å². The summed E-state index contributed by atoms with van der Waals surface area (Å²) in [5.74, 6) is 0.761. The number of methoxy groups -OCH3 is 1. The van der Waals surface area contributed by atoms with Crippen molar-refractivity contribution in [3.05, 3.63) is 54.6 Å². The lowest BCUT2D eigenvalue weighted by atomic mass is 10.1. The molecule has 0 atom stereocenters. The van der Waals surface area contributed by atoms with Crippen LogP contribution in [0.25, 0.3) is 33.8 Å². The number of aryl methyl sites for hydroxylation is 1. The van der Waals surface area contributed by atoms with Crippen molar-refractivity contribution in [2.75, 3.05) is 13.7 Å². The minimum atomic E-state index is -0.440. The Bertz CT molecular complexity index is 1100. The summed E-state index contributed by atoms with van der Waals surface area (Å²) in [5.41, 5.74) is 4.19. The van der Waals surface area contributed by atoms with Crippen LogP contribution in [0.1, 0.15) is 0 Å². The van der Waals surface area contributed by atoms with Gasteiger partial charge in [0.05, 0.1) is 12.7 Å². The maximum atomic E-state index is 11.4.